The molecule has 45 heteroatoms. The molecule has 5 fully saturated rings. The smallest absolute Gasteiger partial charge is 0.862 e. The summed E-state index contributed by atoms with van der Waals surface area (Å²) in [7, 11) is -11.4. The predicted octanol–water partition coefficient (Wildman–Crippen LogP) is -11.4. The first-order valence-corrected chi connectivity index (χ1v) is 43.0. The van der Waals surface area contributed by atoms with Gasteiger partial charge in [-0.2, -0.15) is 16.8 Å². The Hall–Kier alpha value is -0.600. The molecule has 0 aromatic rings. The Kier molecular flexibility index (Phi) is 56.5. The van der Waals surface area contributed by atoms with Crippen LogP contribution in [-0.2, 0) is 81.3 Å². The number of nitrogens with zero attached hydrogens (tertiary/aromatic N) is 3. The van der Waals surface area contributed by atoms with Gasteiger partial charge in [0.25, 0.3) is 5.79 Å². The van der Waals surface area contributed by atoms with E-state index in [4.69, 9.17) is 51.6 Å². The van der Waals surface area contributed by atoms with Gasteiger partial charge in [0.2, 0.25) is 0 Å². The number of hydrogen-bond acceptors (Lipinski definition) is 37. The van der Waals surface area contributed by atoms with E-state index in [9.17, 15) is 123 Å². The zero-order valence-corrected chi connectivity index (χ0v) is 76.6. The van der Waals surface area contributed by atoms with Crippen molar-refractivity contribution in [3.8, 4) is 0 Å². The number of ether oxygens (including phenoxy) is 10. The molecule has 0 bridgehead atoms. The average molecular weight is 1770 g/mol. The molecule has 5 rings (SSSR count). The number of aliphatic imine (C=N–C) groups is 3. The average Bonchev–Trinajstić information content (AvgIpc) is 0.753. The van der Waals surface area contributed by atoms with Crippen LogP contribution < -0.4 is 104 Å². The maximum absolute atomic E-state index is 13.5. The molecule has 40 nitrogen and oxygen atoms in total. The number of allylic oxidation sites excluding steroid dienone is 1. The van der Waals surface area contributed by atoms with Gasteiger partial charge in [0.05, 0.1) is 51.8 Å². The summed E-state index contributed by atoms with van der Waals surface area (Å²) in [6.45, 7) is -0.932. The van der Waals surface area contributed by atoms with Crippen LogP contribution >= 0.6 is 0 Å². The van der Waals surface area contributed by atoms with Crippen molar-refractivity contribution in [3.05, 3.63) is 12.2 Å². The van der Waals surface area contributed by atoms with E-state index in [1.54, 1.807) is 6.08 Å². The van der Waals surface area contributed by atoms with Gasteiger partial charge in [-0.3, -0.25) is 24.1 Å². The predicted molar refractivity (Wildman–Crippen MR) is 397 cm³/mol. The third-order valence-electron chi connectivity index (χ3n) is 20.8. The van der Waals surface area contributed by atoms with E-state index in [2.05, 4.69) is 33.0 Å². The van der Waals surface area contributed by atoms with Crippen molar-refractivity contribution in [1.82, 2.24) is 0 Å². The fourth-order valence-corrected chi connectivity index (χ4v) is 15.3. The molecule has 0 aliphatic carbocycles. The molecular weight excluding hydrogens is 1640 g/mol. The standard InChI is InChI=1S/C73H131N3O37S2.3Na/c1-5-7-9-11-13-15-17-19-20-22-24-26-28-30-32-34-52(86)76-44(45(83)33-31-29-27-25-23-21-18-16-14-12-10-8-6-2)40-102-69-59(91)58(90)62(49(38-79)105-69)108-71-61(93)67(113-115(99,100)101)64(50(39-80)106-71)110-68-54(75-43(4)82)57(89)63(51(107-68)41-103-114(96,97)98)109-70-60(92)66(56(88)48(37-78)104-70)112-73(72(94)95)35-46(84)53(74-42(3)81)65(111-73)55(87)47(85)36-77;;;/h31,33,44-51,53-71,77-80,83-85,87-93H,5-30,32,34-41H2,1-4H3,(H,74,81)(H,75,82)(H,76,86)(H,94,95)(H,96,97,98)(H,99,100,101);;;/q;3*+1/p-3/b33-31-;;;/t44-,45+,46+,47+,48+,49-,50-,51+,53-,54-,55+,56-,57-,58+,59+,60-,61+,62+,63-,64+,65+,66+,67+,68-,69+,70-,71+,73+;;;/m1.../s1. The summed E-state index contributed by atoms with van der Waals surface area (Å²) in [5.74, 6) is -8.27. The van der Waals surface area contributed by atoms with Crippen molar-refractivity contribution >= 4 is 44.5 Å². The van der Waals surface area contributed by atoms with Crippen molar-refractivity contribution in [3.63, 3.8) is 0 Å². The minimum Gasteiger partial charge on any atom is -0.862 e. The first-order valence-electron chi connectivity index (χ1n) is 40.2. The van der Waals surface area contributed by atoms with Crippen molar-refractivity contribution < 1.29 is 267 Å². The summed E-state index contributed by atoms with van der Waals surface area (Å²) in [6.07, 6.45) is -22.3. The third kappa shape index (κ3) is 37.6. The van der Waals surface area contributed by atoms with Crippen molar-refractivity contribution in [2.45, 2.75) is 385 Å². The monoisotopic (exact) mass is 1770 g/mol. The summed E-state index contributed by atoms with van der Waals surface area (Å²) < 4.78 is 137. The first-order chi connectivity index (χ1) is 54.6. The van der Waals surface area contributed by atoms with Crippen LogP contribution in [0.1, 0.15) is 214 Å². The summed E-state index contributed by atoms with van der Waals surface area (Å²) >= 11 is 0. The molecule has 5 aliphatic heterocycles. The van der Waals surface area contributed by atoms with Crippen LogP contribution in [-0.4, -0.2) is 337 Å². The molecule has 118 heavy (non-hydrogen) atoms. The molecule has 0 saturated carbocycles. The zero-order chi connectivity index (χ0) is 85.2. The number of aliphatic carboxylic acids is 1. The van der Waals surface area contributed by atoms with Gasteiger partial charge in [0, 0.05) is 6.42 Å². The van der Waals surface area contributed by atoms with Crippen LogP contribution in [0.3, 0.4) is 0 Å². The molecule has 0 amide bonds. The second kappa shape index (κ2) is 58.8. The van der Waals surface area contributed by atoms with Gasteiger partial charge in [-0.15, -0.1) is 0 Å². The zero-order valence-electron chi connectivity index (χ0n) is 68.9. The van der Waals surface area contributed by atoms with Crippen molar-refractivity contribution in [2.24, 2.45) is 15.0 Å². The topological polar surface area (TPSA) is 646 Å². The van der Waals surface area contributed by atoms with Gasteiger partial charge < -0.3 is 139 Å². The van der Waals surface area contributed by atoms with E-state index in [0.717, 1.165) is 78.1 Å². The molecule has 5 aliphatic rings. The summed E-state index contributed by atoms with van der Waals surface area (Å²) in [6, 6.07) is -5.46. The van der Waals surface area contributed by atoms with E-state index in [1.165, 1.54) is 102 Å². The Bertz CT molecular complexity index is 3110. The van der Waals surface area contributed by atoms with Gasteiger partial charge in [0.1, 0.15) is 128 Å². The van der Waals surface area contributed by atoms with Gasteiger partial charge >= 0.3 is 115 Å². The quantitative estimate of drug-likeness (QED) is 0.00671. The Labute approximate surface area is 757 Å². The molecule has 28 atom stereocenters. The number of carbonyl (C=O) groups is 1. The fraction of sp³-hybridized carbons (Fsp3) is 0.918. The molecule has 0 radical (unpaired) electrons. The van der Waals surface area contributed by atoms with Gasteiger partial charge in [0.15, 0.2) is 25.2 Å². The third-order valence-corrected chi connectivity index (χ3v) is 21.7. The van der Waals surface area contributed by atoms with Crippen LogP contribution in [0.4, 0.5) is 0 Å². The number of unbranched alkanes of at least 4 members (excludes halogenated alkanes) is 25. The number of aliphatic hydroxyl groups is 14. The molecule has 672 valence electrons. The Morgan fingerprint density at radius 1 is 0.525 bits per heavy atom. The normalized spacial score (nSPS) is 33.1. The molecule has 5 saturated heterocycles. The van der Waals surface area contributed by atoms with E-state index in [0.29, 0.717) is 12.8 Å². The first kappa shape index (κ1) is 113. The number of hydrogen-bond donors (Lipinski definition) is 17. The minimum atomic E-state index is -5.82. The van der Waals surface area contributed by atoms with E-state index in [-0.39, 0.29) is 95.1 Å². The Morgan fingerprint density at radius 2 is 0.966 bits per heavy atom. The SMILES string of the molecule is CCCCCCCCCCCCC/C=C\[C@H](O)[C@@H](CO[C@H]1O[C@H](CO)[C@H](O[C@@H]2O[C@H](CO)[C@H](O[C@H]3O[C@@H](COS(=O)(=O)O)[C@@H](O[C@H]4O[C@@H](CO)[C@@H](O)[C@H](O[C@]5(C(=O)O)C[C@H](O)[C@@H](N=C(C)[O-])[C@@H]([C@@H](O)[C@@H](O)CO)O5)[C@H]4O)[C@H](O)[C@H]3N=C(C)[O-])[C@@H](OS(=O)(=O)O)[C@@H]2O)[C@@H](O)[C@@H]1O)N=C([O-])CCCCCCCCCCCCCCCCC.[Na+].[Na+].[Na+]. The van der Waals surface area contributed by atoms with E-state index < -0.39 is 262 Å². The Balaban J connectivity index is 0.0000157. The molecule has 17 N–H and O–H groups in total. The van der Waals surface area contributed by atoms with Gasteiger partial charge in [-0.1, -0.05) is 180 Å². The molecular formula is C73H128N3Na3O37S2. The summed E-state index contributed by atoms with van der Waals surface area (Å²) in [5, 5.41) is 206. The maximum Gasteiger partial charge on any atom is 1.00 e. The number of carboxylic acid groups (broad SMARTS) is 1. The minimum absolute atomic E-state index is 0. The molecule has 0 spiro atoms. The molecule has 5 heterocycles. The summed E-state index contributed by atoms with van der Waals surface area (Å²) in [4.78, 5) is 24.9. The molecule has 0 aromatic carbocycles. The van der Waals surface area contributed by atoms with Crippen LogP contribution in [0.15, 0.2) is 27.1 Å². The largest absolute Gasteiger partial charge is 1.00 e. The van der Waals surface area contributed by atoms with Gasteiger partial charge in [-0.05, 0) is 57.2 Å². The van der Waals surface area contributed by atoms with E-state index in [1.807, 2.05) is 0 Å². The van der Waals surface area contributed by atoms with Crippen LogP contribution in [0.5, 0.6) is 0 Å². The van der Waals surface area contributed by atoms with Crippen LogP contribution in [0, 0.1) is 0 Å². The van der Waals surface area contributed by atoms with Crippen LogP contribution in [0.25, 0.3) is 0 Å². The van der Waals surface area contributed by atoms with Crippen molar-refractivity contribution in [1.29, 1.82) is 0 Å². The number of rotatable bonds is 56. The molecule has 0 unspecified atom stereocenters. The summed E-state index contributed by atoms with van der Waals surface area (Å²) in [5.41, 5.74) is 0. The molecule has 0 aromatic heterocycles. The second-order valence-corrected chi connectivity index (χ2v) is 32.2. The fourth-order valence-electron chi connectivity index (χ4n) is 14.5. The van der Waals surface area contributed by atoms with Crippen molar-refractivity contribution in [2.75, 3.05) is 39.6 Å². The number of carboxylic acids is 1. The van der Waals surface area contributed by atoms with E-state index >= 15 is 0 Å². The Morgan fingerprint density at radius 3 is 1.44 bits per heavy atom. The van der Waals surface area contributed by atoms with Crippen LogP contribution in [0.2, 0.25) is 0 Å². The second-order valence-electron chi connectivity index (χ2n) is 30.0. The maximum atomic E-state index is 13.5. The number of aliphatic hydroxyl groups excluding tert-OH is 14. The van der Waals surface area contributed by atoms with Gasteiger partial charge in [-0.25, -0.2) is 13.2 Å².